The van der Waals surface area contributed by atoms with E-state index in [1.165, 1.54) is 0 Å². The van der Waals surface area contributed by atoms with Gasteiger partial charge in [0.15, 0.2) is 5.82 Å². The first kappa shape index (κ1) is 18.5. The molecule has 1 aromatic heterocycles. The van der Waals surface area contributed by atoms with Gasteiger partial charge in [-0.2, -0.15) is 4.98 Å². The first-order chi connectivity index (χ1) is 13.7. The summed E-state index contributed by atoms with van der Waals surface area (Å²) >= 11 is 6.02. The minimum atomic E-state index is -0.0272. The Kier molecular flexibility index (Phi) is 5.30. The number of amides is 1. The molecule has 2 aromatic carbocycles. The molecule has 144 valence electrons. The van der Waals surface area contributed by atoms with Gasteiger partial charge in [-0.1, -0.05) is 35.0 Å². The molecule has 7 heteroatoms. The normalized spacial score (nSPS) is 16.8. The number of benzene rings is 2. The molecule has 0 radical (unpaired) electrons. The molecule has 2 heterocycles. The number of aromatic nitrogens is 2. The molecular formula is C21H20ClN3O3. The number of nitrogens with zero attached hydrogens (tertiary/aromatic N) is 3. The quantitative estimate of drug-likeness (QED) is 0.651. The van der Waals surface area contributed by atoms with Crippen LogP contribution < -0.4 is 4.74 Å². The molecule has 1 aliphatic heterocycles. The number of rotatable bonds is 4. The fourth-order valence-corrected chi connectivity index (χ4v) is 3.70. The van der Waals surface area contributed by atoms with Gasteiger partial charge in [0, 0.05) is 29.6 Å². The highest BCUT2D eigenvalue weighted by Crippen LogP contribution is 2.31. The van der Waals surface area contributed by atoms with E-state index in [2.05, 4.69) is 10.1 Å². The van der Waals surface area contributed by atoms with Crippen molar-refractivity contribution in [2.75, 3.05) is 20.2 Å². The Morgan fingerprint density at radius 3 is 2.93 bits per heavy atom. The summed E-state index contributed by atoms with van der Waals surface area (Å²) in [6.07, 6.45) is 1.79. The van der Waals surface area contributed by atoms with E-state index in [0.29, 0.717) is 41.1 Å². The van der Waals surface area contributed by atoms with Crippen LogP contribution in [0, 0.1) is 0 Å². The van der Waals surface area contributed by atoms with Crippen LogP contribution in [0.2, 0.25) is 5.02 Å². The van der Waals surface area contributed by atoms with Crippen LogP contribution in [-0.4, -0.2) is 41.1 Å². The number of methoxy groups -OCH3 is 1. The van der Waals surface area contributed by atoms with Crippen molar-refractivity contribution in [1.82, 2.24) is 15.0 Å². The van der Waals surface area contributed by atoms with Crippen molar-refractivity contribution >= 4 is 17.5 Å². The van der Waals surface area contributed by atoms with E-state index in [0.717, 1.165) is 18.4 Å². The Morgan fingerprint density at radius 1 is 1.25 bits per heavy atom. The van der Waals surface area contributed by atoms with Gasteiger partial charge < -0.3 is 14.2 Å². The van der Waals surface area contributed by atoms with Crippen LogP contribution in [0.5, 0.6) is 5.75 Å². The van der Waals surface area contributed by atoms with E-state index < -0.39 is 0 Å². The van der Waals surface area contributed by atoms with Crippen LogP contribution in [0.4, 0.5) is 0 Å². The maximum Gasteiger partial charge on any atom is 0.261 e. The first-order valence-corrected chi connectivity index (χ1v) is 9.55. The average molecular weight is 398 g/mol. The molecule has 0 saturated carbocycles. The third-order valence-corrected chi connectivity index (χ3v) is 5.16. The van der Waals surface area contributed by atoms with Crippen molar-refractivity contribution in [1.29, 1.82) is 0 Å². The number of halogens is 1. The number of hydrogen-bond donors (Lipinski definition) is 0. The Balaban J connectivity index is 1.52. The molecule has 4 rings (SSSR count). The number of hydrogen-bond acceptors (Lipinski definition) is 5. The summed E-state index contributed by atoms with van der Waals surface area (Å²) in [5.74, 6) is 1.72. The van der Waals surface area contributed by atoms with Gasteiger partial charge in [-0.25, -0.2) is 0 Å². The van der Waals surface area contributed by atoms with Crippen molar-refractivity contribution in [2.24, 2.45) is 0 Å². The lowest BCUT2D eigenvalue weighted by Gasteiger charge is -2.31. The van der Waals surface area contributed by atoms with Gasteiger partial charge in [-0.15, -0.1) is 0 Å². The molecule has 6 nitrogen and oxygen atoms in total. The monoisotopic (exact) mass is 397 g/mol. The standard InChI is InChI=1S/C21H20ClN3O3/c1-27-18-10-3-2-9-17(18)20-23-19(24-28-20)15-7-5-11-25(13-15)21(26)14-6-4-8-16(22)12-14/h2-4,6,8-10,12,15H,5,7,11,13H2,1H3/t15-/m0/s1. The lowest BCUT2D eigenvalue weighted by atomic mass is 9.96. The topological polar surface area (TPSA) is 68.5 Å². The van der Waals surface area contributed by atoms with Crippen molar-refractivity contribution in [3.8, 4) is 17.2 Å². The molecule has 1 saturated heterocycles. The molecule has 0 bridgehead atoms. The molecule has 0 aliphatic carbocycles. The highest BCUT2D eigenvalue weighted by Gasteiger charge is 2.29. The van der Waals surface area contributed by atoms with E-state index in [1.54, 1.807) is 31.4 Å². The van der Waals surface area contributed by atoms with Crippen molar-refractivity contribution in [2.45, 2.75) is 18.8 Å². The zero-order chi connectivity index (χ0) is 19.5. The van der Waals surface area contributed by atoms with E-state index in [1.807, 2.05) is 29.2 Å². The summed E-state index contributed by atoms with van der Waals surface area (Å²) in [6, 6.07) is 14.5. The van der Waals surface area contributed by atoms with Crippen LogP contribution in [-0.2, 0) is 0 Å². The Hall–Kier alpha value is -2.86. The van der Waals surface area contributed by atoms with Crippen molar-refractivity contribution < 1.29 is 14.1 Å². The second-order valence-corrected chi connectivity index (χ2v) is 7.20. The highest BCUT2D eigenvalue weighted by atomic mass is 35.5. The molecule has 0 spiro atoms. The van der Waals surface area contributed by atoms with Gasteiger partial charge in [0.2, 0.25) is 0 Å². The fourth-order valence-electron chi connectivity index (χ4n) is 3.51. The zero-order valence-corrected chi connectivity index (χ0v) is 16.2. The Bertz CT molecular complexity index is 988. The number of likely N-dealkylation sites (tertiary alicyclic amines) is 1. The van der Waals surface area contributed by atoms with Gasteiger partial charge in [0.1, 0.15) is 5.75 Å². The van der Waals surface area contributed by atoms with Crippen LogP contribution in [0.1, 0.15) is 34.9 Å². The van der Waals surface area contributed by atoms with E-state index >= 15 is 0 Å². The van der Waals surface area contributed by atoms with E-state index in [9.17, 15) is 4.79 Å². The van der Waals surface area contributed by atoms with Crippen molar-refractivity contribution in [3.05, 3.63) is 64.9 Å². The molecule has 3 aromatic rings. The van der Waals surface area contributed by atoms with Gasteiger partial charge in [-0.3, -0.25) is 4.79 Å². The van der Waals surface area contributed by atoms with Gasteiger partial charge in [0.25, 0.3) is 11.8 Å². The number of carbonyl (C=O) groups is 1. The van der Waals surface area contributed by atoms with Crippen molar-refractivity contribution in [3.63, 3.8) is 0 Å². The van der Waals surface area contributed by atoms with Gasteiger partial charge in [-0.05, 0) is 43.2 Å². The smallest absolute Gasteiger partial charge is 0.261 e. The van der Waals surface area contributed by atoms with Crippen LogP contribution in [0.15, 0.2) is 53.1 Å². The predicted molar refractivity (Wildman–Crippen MR) is 106 cm³/mol. The summed E-state index contributed by atoms with van der Waals surface area (Å²) in [5.41, 5.74) is 1.35. The SMILES string of the molecule is COc1ccccc1-c1nc([C@H]2CCCN(C(=O)c3cccc(Cl)c3)C2)no1. The predicted octanol–water partition coefficient (Wildman–Crippen LogP) is 4.42. The summed E-state index contributed by atoms with van der Waals surface area (Å²) in [6.45, 7) is 1.26. The first-order valence-electron chi connectivity index (χ1n) is 9.17. The van der Waals surface area contributed by atoms with Gasteiger partial charge in [0.05, 0.1) is 12.7 Å². The molecule has 28 heavy (non-hydrogen) atoms. The van der Waals surface area contributed by atoms with E-state index in [4.69, 9.17) is 20.9 Å². The number of piperidine rings is 1. The third-order valence-electron chi connectivity index (χ3n) is 4.92. The molecule has 1 aliphatic rings. The summed E-state index contributed by atoms with van der Waals surface area (Å²) in [5, 5.41) is 4.73. The maximum atomic E-state index is 12.8. The summed E-state index contributed by atoms with van der Waals surface area (Å²) in [4.78, 5) is 19.2. The molecule has 1 fully saturated rings. The lowest BCUT2D eigenvalue weighted by Crippen LogP contribution is -2.39. The Labute approximate surface area is 168 Å². The molecule has 0 N–H and O–H groups in total. The number of carbonyl (C=O) groups excluding carboxylic acids is 1. The number of ether oxygens (including phenoxy) is 1. The third kappa shape index (κ3) is 3.73. The maximum absolute atomic E-state index is 12.8. The summed E-state index contributed by atoms with van der Waals surface area (Å²) < 4.78 is 10.9. The zero-order valence-electron chi connectivity index (χ0n) is 15.5. The molecule has 1 amide bonds. The lowest BCUT2D eigenvalue weighted by molar-refractivity contribution is 0.0703. The largest absolute Gasteiger partial charge is 0.496 e. The summed E-state index contributed by atoms with van der Waals surface area (Å²) in [7, 11) is 1.61. The number of para-hydroxylation sites is 1. The van der Waals surface area contributed by atoms with Crippen LogP contribution in [0.25, 0.3) is 11.5 Å². The average Bonchev–Trinajstić information content (AvgIpc) is 3.23. The second kappa shape index (κ2) is 8.02. The minimum Gasteiger partial charge on any atom is -0.496 e. The second-order valence-electron chi connectivity index (χ2n) is 6.76. The minimum absolute atomic E-state index is 0.0272. The highest BCUT2D eigenvalue weighted by molar-refractivity contribution is 6.30. The Morgan fingerprint density at radius 2 is 2.11 bits per heavy atom. The van der Waals surface area contributed by atoms with Gasteiger partial charge >= 0.3 is 0 Å². The molecule has 0 unspecified atom stereocenters. The van der Waals surface area contributed by atoms with Crippen LogP contribution >= 0.6 is 11.6 Å². The molecule has 1 atom stereocenters. The molecular weight excluding hydrogens is 378 g/mol. The van der Waals surface area contributed by atoms with E-state index in [-0.39, 0.29) is 11.8 Å². The van der Waals surface area contributed by atoms with Crippen LogP contribution in [0.3, 0.4) is 0 Å². The fraction of sp³-hybridized carbons (Fsp3) is 0.286.